The zero-order valence-corrected chi connectivity index (χ0v) is 11.2. The summed E-state index contributed by atoms with van der Waals surface area (Å²) in [6.07, 6.45) is 2.25. The SMILES string of the molecule is O=S1(=O)CCC(Sc2ncnc3ccccc23)C1. The van der Waals surface area contributed by atoms with Crippen LogP contribution >= 0.6 is 11.8 Å². The van der Waals surface area contributed by atoms with Gasteiger partial charge in [-0.15, -0.1) is 11.8 Å². The minimum absolute atomic E-state index is 0.119. The van der Waals surface area contributed by atoms with Crippen molar-refractivity contribution in [1.82, 2.24) is 9.97 Å². The Bertz CT molecular complexity index is 680. The van der Waals surface area contributed by atoms with Crippen LogP contribution in [-0.2, 0) is 9.84 Å². The van der Waals surface area contributed by atoms with Crippen molar-refractivity contribution in [1.29, 1.82) is 0 Å². The van der Waals surface area contributed by atoms with E-state index in [2.05, 4.69) is 9.97 Å². The third kappa shape index (κ3) is 2.35. The van der Waals surface area contributed by atoms with Gasteiger partial charge in [-0.1, -0.05) is 18.2 Å². The topological polar surface area (TPSA) is 59.9 Å². The molecule has 0 N–H and O–H groups in total. The molecule has 1 atom stereocenters. The molecular formula is C12H12N2O2S2. The predicted octanol–water partition coefficient (Wildman–Crippen LogP) is 1.91. The molecule has 6 heteroatoms. The van der Waals surface area contributed by atoms with E-state index < -0.39 is 9.84 Å². The Hall–Kier alpha value is -1.14. The molecule has 1 aromatic carbocycles. The van der Waals surface area contributed by atoms with Gasteiger partial charge in [0, 0.05) is 10.6 Å². The summed E-state index contributed by atoms with van der Waals surface area (Å²) in [5.74, 6) is 0.559. The van der Waals surface area contributed by atoms with Crippen LogP contribution in [0, 0.1) is 0 Å². The highest BCUT2D eigenvalue weighted by molar-refractivity contribution is 8.02. The largest absolute Gasteiger partial charge is 0.236 e. The number of rotatable bonds is 2. The van der Waals surface area contributed by atoms with Gasteiger partial charge in [0.05, 0.1) is 17.0 Å². The Morgan fingerprint density at radius 1 is 1.22 bits per heavy atom. The van der Waals surface area contributed by atoms with Crippen LogP contribution in [0.25, 0.3) is 10.9 Å². The number of fused-ring (bicyclic) bond motifs is 1. The first kappa shape index (κ1) is 11.9. The number of aromatic nitrogens is 2. The molecule has 0 saturated carbocycles. The van der Waals surface area contributed by atoms with Gasteiger partial charge in [-0.2, -0.15) is 0 Å². The fourth-order valence-corrected chi connectivity index (χ4v) is 5.63. The quantitative estimate of drug-likeness (QED) is 0.786. The van der Waals surface area contributed by atoms with Crippen molar-refractivity contribution < 1.29 is 8.42 Å². The van der Waals surface area contributed by atoms with E-state index in [0.717, 1.165) is 15.9 Å². The average molecular weight is 280 g/mol. The van der Waals surface area contributed by atoms with Crippen molar-refractivity contribution in [3.05, 3.63) is 30.6 Å². The Morgan fingerprint density at radius 3 is 2.83 bits per heavy atom. The summed E-state index contributed by atoms with van der Waals surface area (Å²) >= 11 is 1.55. The Labute approximate surface area is 110 Å². The van der Waals surface area contributed by atoms with Crippen molar-refractivity contribution in [2.24, 2.45) is 0 Å². The summed E-state index contributed by atoms with van der Waals surface area (Å²) < 4.78 is 22.9. The van der Waals surface area contributed by atoms with E-state index in [4.69, 9.17) is 0 Å². The van der Waals surface area contributed by atoms with Crippen molar-refractivity contribution >= 4 is 32.5 Å². The van der Waals surface area contributed by atoms with Gasteiger partial charge in [0.25, 0.3) is 0 Å². The molecule has 1 aromatic heterocycles. The molecule has 94 valence electrons. The number of para-hydroxylation sites is 1. The number of hydrogen-bond acceptors (Lipinski definition) is 5. The fourth-order valence-electron chi connectivity index (χ4n) is 2.09. The van der Waals surface area contributed by atoms with Crippen LogP contribution in [0.4, 0.5) is 0 Å². The normalized spacial score (nSPS) is 22.3. The first-order valence-corrected chi connectivity index (χ1v) is 8.41. The highest BCUT2D eigenvalue weighted by Gasteiger charge is 2.29. The molecule has 1 aliphatic rings. The van der Waals surface area contributed by atoms with Crippen LogP contribution < -0.4 is 0 Å². The van der Waals surface area contributed by atoms with Crippen LogP contribution in [-0.4, -0.2) is 35.1 Å². The Kier molecular flexibility index (Phi) is 2.99. The van der Waals surface area contributed by atoms with Gasteiger partial charge >= 0.3 is 0 Å². The van der Waals surface area contributed by atoms with Crippen molar-refractivity contribution in [3.8, 4) is 0 Å². The van der Waals surface area contributed by atoms with Gasteiger partial charge in [-0.05, 0) is 12.5 Å². The van der Waals surface area contributed by atoms with E-state index in [1.807, 2.05) is 24.3 Å². The van der Waals surface area contributed by atoms with Gasteiger partial charge in [0.15, 0.2) is 9.84 Å². The molecule has 1 aliphatic heterocycles. The van der Waals surface area contributed by atoms with Crippen LogP contribution in [0.3, 0.4) is 0 Å². The first-order valence-electron chi connectivity index (χ1n) is 5.71. The maximum absolute atomic E-state index is 11.4. The molecular weight excluding hydrogens is 268 g/mol. The van der Waals surface area contributed by atoms with Crippen molar-refractivity contribution in [3.63, 3.8) is 0 Å². The Morgan fingerprint density at radius 2 is 2.06 bits per heavy atom. The Balaban J connectivity index is 1.92. The molecule has 0 bridgehead atoms. The van der Waals surface area contributed by atoms with Gasteiger partial charge < -0.3 is 0 Å². The second-order valence-electron chi connectivity index (χ2n) is 4.34. The number of nitrogens with zero attached hydrogens (tertiary/aromatic N) is 2. The lowest BCUT2D eigenvalue weighted by molar-refractivity contribution is 0.602. The van der Waals surface area contributed by atoms with Gasteiger partial charge in [0.1, 0.15) is 11.4 Å². The molecule has 2 aromatic rings. The van der Waals surface area contributed by atoms with Crippen LogP contribution in [0.2, 0.25) is 0 Å². The smallest absolute Gasteiger partial charge is 0.151 e. The second kappa shape index (κ2) is 4.51. The van der Waals surface area contributed by atoms with Gasteiger partial charge in [-0.3, -0.25) is 0 Å². The monoisotopic (exact) mass is 280 g/mol. The molecule has 0 amide bonds. The lowest BCUT2D eigenvalue weighted by atomic mass is 10.2. The number of benzene rings is 1. The maximum atomic E-state index is 11.4. The standard InChI is InChI=1S/C12H12N2O2S2/c15-18(16)6-5-9(7-18)17-12-10-3-1-2-4-11(10)13-8-14-12/h1-4,8-9H,5-7H2. The van der Waals surface area contributed by atoms with E-state index >= 15 is 0 Å². The summed E-state index contributed by atoms with van der Waals surface area (Å²) in [7, 11) is -2.83. The molecule has 2 heterocycles. The number of thioether (sulfide) groups is 1. The minimum atomic E-state index is -2.83. The molecule has 1 saturated heterocycles. The fraction of sp³-hybridized carbons (Fsp3) is 0.333. The molecule has 3 rings (SSSR count). The number of sulfone groups is 1. The third-order valence-corrected chi connectivity index (χ3v) is 6.24. The molecule has 1 unspecified atom stereocenters. The lowest BCUT2D eigenvalue weighted by Gasteiger charge is -2.08. The zero-order chi connectivity index (χ0) is 12.6. The summed E-state index contributed by atoms with van der Waals surface area (Å²) in [5.41, 5.74) is 0.899. The second-order valence-corrected chi connectivity index (χ2v) is 7.86. The average Bonchev–Trinajstić information content (AvgIpc) is 2.69. The van der Waals surface area contributed by atoms with E-state index in [-0.39, 0.29) is 11.0 Å². The molecule has 18 heavy (non-hydrogen) atoms. The predicted molar refractivity (Wildman–Crippen MR) is 72.5 cm³/mol. The van der Waals surface area contributed by atoms with E-state index in [0.29, 0.717) is 12.2 Å². The first-order chi connectivity index (χ1) is 8.64. The van der Waals surface area contributed by atoms with Crippen LogP contribution in [0.15, 0.2) is 35.6 Å². The summed E-state index contributed by atoms with van der Waals surface area (Å²) in [6, 6.07) is 7.79. The van der Waals surface area contributed by atoms with Crippen LogP contribution in [0.5, 0.6) is 0 Å². The van der Waals surface area contributed by atoms with E-state index in [9.17, 15) is 8.42 Å². The highest BCUT2D eigenvalue weighted by atomic mass is 32.2. The van der Waals surface area contributed by atoms with Crippen LogP contribution in [0.1, 0.15) is 6.42 Å². The summed E-state index contributed by atoms with van der Waals surface area (Å²) in [5, 5.41) is 1.99. The minimum Gasteiger partial charge on any atom is -0.236 e. The summed E-state index contributed by atoms with van der Waals surface area (Å²) in [4.78, 5) is 8.48. The molecule has 4 nitrogen and oxygen atoms in total. The molecule has 0 radical (unpaired) electrons. The zero-order valence-electron chi connectivity index (χ0n) is 9.61. The van der Waals surface area contributed by atoms with Gasteiger partial charge in [-0.25, -0.2) is 18.4 Å². The van der Waals surface area contributed by atoms with Crippen molar-refractivity contribution in [2.75, 3.05) is 11.5 Å². The number of hydrogen-bond donors (Lipinski definition) is 0. The van der Waals surface area contributed by atoms with E-state index in [1.165, 1.54) is 6.33 Å². The van der Waals surface area contributed by atoms with E-state index in [1.54, 1.807) is 11.8 Å². The maximum Gasteiger partial charge on any atom is 0.151 e. The van der Waals surface area contributed by atoms with Crippen molar-refractivity contribution in [2.45, 2.75) is 16.7 Å². The molecule has 0 aliphatic carbocycles. The van der Waals surface area contributed by atoms with Gasteiger partial charge in [0.2, 0.25) is 0 Å². The molecule has 1 fully saturated rings. The summed E-state index contributed by atoms with van der Waals surface area (Å²) in [6.45, 7) is 0. The lowest BCUT2D eigenvalue weighted by Crippen LogP contribution is -2.06. The third-order valence-electron chi connectivity index (χ3n) is 2.98. The molecule has 0 spiro atoms. The highest BCUT2D eigenvalue weighted by Crippen LogP contribution is 2.33.